The second-order valence-electron chi connectivity index (χ2n) is 20.7. The van der Waals surface area contributed by atoms with E-state index in [1.54, 1.807) is 0 Å². The lowest BCUT2D eigenvalue weighted by molar-refractivity contribution is 0.0966. The molecule has 4 bridgehead atoms. The molecular formula is C67H37NO3. The van der Waals surface area contributed by atoms with E-state index in [4.69, 9.17) is 4.74 Å². The fraction of sp³-hybridized carbons (Fsp3) is 0.0746. The molecule has 0 amide bonds. The third-order valence-corrected chi connectivity index (χ3v) is 17.8. The fourth-order valence-corrected chi connectivity index (χ4v) is 15.3. The number of nitrogens with zero attached hydrogens (tertiary/aromatic N) is 1. The molecule has 1 aliphatic heterocycles. The predicted molar refractivity (Wildman–Crippen MR) is 278 cm³/mol. The first-order valence-corrected chi connectivity index (χ1v) is 24.9. The number of ether oxygens (including phenoxy) is 1. The van der Waals surface area contributed by atoms with Crippen LogP contribution in [0.1, 0.15) is 122 Å². The summed E-state index contributed by atoms with van der Waals surface area (Å²) in [5.74, 6) is 0.912. The molecule has 7 aliphatic carbocycles. The smallest absolute Gasteiger partial charge is 0.175 e. The summed E-state index contributed by atoms with van der Waals surface area (Å²) < 4.78 is 9.30. The van der Waals surface area contributed by atoms with E-state index in [0.717, 1.165) is 99.8 Å². The van der Waals surface area contributed by atoms with Crippen LogP contribution in [-0.4, -0.2) is 16.0 Å². The van der Waals surface area contributed by atoms with Gasteiger partial charge in [0.15, 0.2) is 11.6 Å². The van der Waals surface area contributed by atoms with E-state index in [1.807, 2.05) is 0 Å². The van der Waals surface area contributed by atoms with Crippen molar-refractivity contribution in [3.05, 3.63) is 289 Å². The van der Waals surface area contributed by atoms with Gasteiger partial charge >= 0.3 is 0 Å². The van der Waals surface area contributed by atoms with Crippen molar-refractivity contribution >= 4 is 49.7 Å². The Hall–Kier alpha value is -8.86. The minimum absolute atomic E-state index is 0.0987. The quantitative estimate of drug-likeness (QED) is 0.152. The number of aromatic nitrogens is 1. The number of hydrogen-bond donors (Lipinski definition) is 0. The maximum atomic E-state index is 15.7. The molecule has 0 fully saturated rings. The molecule has 0 unspecified atom stereocenters. The highest BCUT2D eigenvalue weighted by Gasteiger charge is 2.53. The predicted octanol–water partition coefficient (Wildman–Crippen LogP) is 14.9. The van der Waals surface area contributed by atoms with Gasteiger partial charge in [-0.15, -0.1) is 0 Å². The number of ketones is 2. The maximum absolute atomic E-state index is 15.7. The Morgan fingerprint density at radius 3 is 1.27 bits per heavy atom. The van der Waals surface area contributed by atoms with Gasteiger partial charge in [-0.05, 0) is 120 Å². The zero-order valence-electron chi connectivity index (χ0n) is 38.0. The molecule has 0 radical (unpaired) electrons. The van der Waals surface area contributed by atoms with Crippen LogP contribution in [0.2, 0.25) is 0 Å². The Morgan fingerprint density at radius 2 is 0.761 bits per heavy atom. The van der Waals surface area contributed by atoms with Gasteiger partial charge in [0, 0.05) is 55.6 Å². The molecule has 2 aromatic heterocycles. The van der Waals surface area contributed by atoms with Crippen molar-refractivity contribution in [1.29, 1.82) is 0 Å². The second kappa shape index (κ2) is 12.5. The third kappa shape index (κ3) is 4.11. The highest BCUT2D eigenvalue weighted by Crippen LogP contribution is 2.66. The molecule has 8 aliphatic rings. The molecule has 1 spiro atoms. The van der Waals surface area contributed by atoms with Crippen LogP contribution in [0.4, 0.5) is 0 Å². The molecule has 4 nitrogen and oxygen atoms in total. The topological polar surface area (TPSA) is 47.8 Å². The number of hydrogen-bond acceptors (Lipinski definition) is 3. The summed E-state index contributed by atoms with van der Waals surface area (Å²) >= 11 is 0. The van der Waals surface area contributed by atoms with E-state index < -0.39 is 17.3 Å². The summed E-state index contributed by atoms with van der Waals surface area (Å²) in [7, 11) is 0. The molecule has 0 N–H and O–H groups in total. The average molecular weight is 904 g/mol. The van der Waals surface area contributed by atoms with Crippen LogP contribution >= 0.6 is 0 Å². The van der Waals surface area contributed by atoms with Crippen molar-refractivity contribution in [2.24, 2.45) is 0 Å². The fourth-order valence-electron chi connectivity index (χ4n) is 15.3. The molecule has 10 aromatic carbocycles. The van der Waals surface area contributed by atoms with E-state index in [9.17, 15) is 0 Å². The molecule has 0 saturated carbocycles. The number of para-hydroxylation sites is 2. The van der Waals surface area contributed by atoms with Gasteiger partial charge in [-0.3, -0.25) is 9.59 Å². The Labute approximate surface area is 407 Å². The number of Topliss-reactive ketones (excluding diaryl/α,β-unsaturated/α-hetero) is 2. The van der Waals surface area contributed by atoms with E-state index in [-0.39, 0.29) is 23.4 Å². The van der Waals surface area contributed by atoms with Crippen molar-refractivity contribution in [3.8, 4) is 22.6 Å². The zero-order valence-corrected chi connectivity index (χ0v) is 38.0. The summed E-state index contributed by atoms with van der Waals surface area (Å²) in [5.41, 5.74) is 22.2. The van der Waals surface area contributed by atoms with E-state index in [2.05, 4.69) is 205 Å². The molecule has 12 aromatic rings. The number of rotatable bonds is 0. The van der Waals surface area contributed by atoms with Crippen molar-refractivity contribution in [3.63, 3.8) is 0 Å². The lowest BCUT2D eigenvalue weighted by atomic mass is 9.65. The van der Waals surface area contributed by atoms with Crippen molar-refractivity contribution < 1.29 is 14.3 Å². The number of benzene rings is 10. The molecule has 4 heteroatoms. The van der Waals surface area contributed by atoms with Gasteiger partial charge in [0.1, 0.15) is 11.5 Å². The molecule has 0 saturated heterocycles. The van der Waals surface area contributed by atoms with Gasteiger partial charge in [0.2, 0.25) is 0 Å². The molecule has 71 heavy (non-hydrogen) atoms. The monoisotopic (exact) mass is 903 g/mol. The first-order valence-electron chi connectivity index (χ1n) is 24.9. The SMILES string of the molecule is O=C1c2cc3c(cc2C2c4ccccc4C1c1ccccc12)c1cc2c(c4c5cc6c(cc5n3c14)C(=O)C1c3ccccc3C6c3ccccc31)C1(c3ccccc3Oc3ccccc31)c1ccccc1-2. The van der Waals surface area contributed by atoms with E-state index >= 15 is 9.59 Å². The standard InChI is InChI=1S/C67H37NO3/c69-65-48-32-54-43(29-44(48)58-35-16-1-5-20-39(35)60(65)40-21-6-2-17-36(40)58)47-31-46-34-15-9-10-24-51(34)67(52-25-11-13-27-56(52)71-57-28-14-12-26-53(57)67)63(46)62-50-30-45-49(33-55(50)68(54)64(47)62)66(70)61-41-22-7-3-18-37(41)59(45)38-19-4-8-23-42(38)61/h1-33,58-61H. The Morgan fingerprint density at radius 1 is 0.352 bits per heavy atom. The van der Waals surface area contributed by atoms with Gasteiger partial charge in [0.05, 0.1) is 33.8 Å². The van der Waals surface area contributed by atoms with Crippen molar-refractivity contribution in [2.75, 3.05) is 0 Å². The van der Waals surface area contributed by atoms with Gasteiger partial charge in [-0.1, -0.05) is 158 Å². The molecule has 3 heterocycles. The van der Waals surface area contributed by atoms with Crippen LogP contribution in [0, 0.1) is 0 Å². The van der Waals surface area contributed by atoms with Gasteiger partial charge in [-0.25, -0.2) is 0 Å². The van der Waals surface area contributed by atoms with Gasteiger partial charge < -0.3 is 9.14 Å². The summed E-state index contributed by atoms with van der Waals surface area (Å²) in [6, 6.07) is 72.2. The van der Waals surface area contributed by atoms with Crippen LogP contribution in [0.3, 0.4) is 0 Å². The van der Waals surface area contributed by atoms with Gasteiger partial charge in [-0.2, -0.15) is 0 Å². The third-order valence-electron chi connectivity index (χ3n) is 17.8. The minimum Gasteiger partial charge on any atom is -0.457 e. The summed E-state index contributed by atoms with van der Waals surface area (Å²) in [5, 5.41) is 4.51. The number of carbonyl (C=O) groups excluding carboxylic acids is 2. The normalized spacial score (nSPS) is 19.5. The molecular weight excluding hydrogens is 867 g/mol. The molecule has 0 atom stereocenters. The van der Waals surface area contributed by atoms with Crippen LogP contribution < -0.4 is 4.74 Å². The molecule has 328 valence electrons. The first-order chi connectivity index (χ1) is 35.1. The Balaban J connectivity index is 1.05. The maximum Gasteiger partial charge on any atom is 0.175 e. The van der Waals surface area contributed by atoms with Crippen LogP contribution in [0.25, 0.3) is 49.2 Å². The Kier molecular flexibility index (Phi) is 6.52. The van der Waals surface area contributed by atoms with E-state index in [1.165, 1.54) is 49.9 Å². The van der Waals surface area contributed by atoms with E-state index in [0.29, 0.717) is 0 Å². The lowest BCUT2D eigenvalue weighted by Gasteiger charge is -2.39. The van der Waals surface area contributed by atoms with Crippen LogP contribution in [-0.2, 0) is 5.41 Å². The summed E-state index contributed by atoms with van der Waals surface area (Å²) in [4.78, 5) is 31.3. The molecule has 20 rings (SSSR count). The summed E-state index contributed by atoms with van der Waals surface area (Å²) in [6.45, 7) is 0. The highest BCUT2D eigenvalue weighted by atomic mass is 16.5. The Bertz CT molecular complexity index is 4390. The summed E-state index contributed by atoms with van der Waals surface area (Å²) in [6.07, 6.45) is 0. The highest BCUT2D eigenvalue weighted by molar-refractivity contribution is 6.29. The zero-order chi connectivity index (χ0) is 46.2. The lowest BCUT2D eigenvalue weighted by Crippen LogP contribution is -2.32. The van der Waals surface area contributed by atoms with Crippen LogP contribution in [0.5, 0.6) is 11.5 Å². The van der Waals surface area contributed by atoms with Gasteiger partial charge in [0.25, 0.3) is 0 Å². The minimum atomic E-state index is -0.746. The average Bonchev–Trinajstić information content (AvgIpc) is 3.95. The number of carbonyl (C=O) groups is 2. The second-order valence-corrected chi connectivity index (χ2v) is 20.7. The first kappa shape index (κ1) is 37.1. The largest absolute Gasteiger partial charge is 0.457 e. The van der Waals surface area contributed by atoms with Crippen molar-refractivity contribution in [2.45, 2.75) is 29.1 Å². The van der Waals surface area contributed by atoms with Crippen LogP contribution in [0.15, 0.2) is 200 Å². The number of fused-ring (bicyclic) bond motifs is 16. The van der Waals surface area contributed by atoms with Crippen molar-refractivity contribution in [1.82, 2.24) is 4.40 Å².